The molecule has 0 saturated carbocycles. The first-order chi connectivity index (χ1) is 23.4. The molecule has 0 amide bonds. The normalized spacial score (nSPS) is 23.8. The summed E-state index contributed by atoms with van der Waals surface area (Å²) in [6.07, 6.45) is 8.52. The van der Waals surface area contributed by atoms with E-state index in [0.717, 1.165) is 57.8 Å². The standard InChI is InChI=1S/C37H48O9S2/c1-2-3-25-47(38,39)46-48(32-16-10-13-29(26-32)43-35-19-4-7-22-40-35,33-17-11-14-30(27-33)44-36-20-5-8-23-41-36)34-18-12-15-31(28-34)45-37-21-6-9-24-42-37/h10-18,26-28,35-37H,2-9,19-25H2,1H3. The molecule has 9 nitrogen and oxygen atoms in total. The van der Waals surface area contributed by atoms with Crippen LogP contribution in [0, 0.1) is 0 Å². The Hall–Kier alpha value is -2.80. The Morgan fingerprint density at radius 2 is 1.00 bits per heavy atom. The molecule has 262 valence electrons. The minimum Gasteiger partial charge on any atom is -0.465 e. The van der Waals surface area contributed by atoms with Crippen molar-refractivity contribution in [2.45, 2.75) is 111 Å². The summed E-state index contributed by atoms with van der Waals surface area (Å²) < 4.78 is 71.1. The van der Waals surface area contributed by atoms with Crippen LogP contribution in [-0.4, -0.2) is 52.9 Å². The van der Waals surface area contributed by atoms with Crippen molar-refractivity contribution >= 4 is 20.4 Å². The van der Waals surface area contributed by atoms with Gasteiger partial charge < -0.3 is 28.4 Å². The smallest absolute Gasteiger partial charge is 0.277 e. The summed E-state index contributed by atoms with van der Waals surface area (Å²) in [5.41, 5.74) is 0. The van der Waals surface area contributed by atoms with Crippen molar-refractivity contribution in [3.05, 3.63) is 72.8 Å². The van der Waals surface area contributed by atoms with Crippen molar-refractivity contribution < 1.29 is 40.5 Å². The molecular weight excluding hydrogens is 653 g/mol. The van der Waals surface area contributed by atoms with Crippen LogP contribution >= 0.6 is 10.3 Å². The first-order valence-corrected chi connectivity index (χ1v) is 20.5. The van der Waals surface area contributed by atoms with E-state index in [1.54, 1.807) is 0 Å². The van der Waals surface area contributed by atoms with E-state index in [9.17, 15) is 8.42 Å². The molecule has 0 aromatic heterocycles. The minimum atomic E-state index is -4.03. The quantitative estimate of drug-likeness (QED) is 0.163. The minimum absolute atomic E-state index is 0.109. The number of rotatable bonds is 14. The van der Waals surface area contributed by atoms with Crippen LogP contribution in [-0.2, 0) is 28.0 Å². The second kappa shape index (κ2) is 16.7. The topological polar surface area (TPSA) is 98.8 Å². The van der Waals surface area contributed by atoms with Crippen molar-refractivity contribution in [2.24, 2.45) is 0 Å². The van der Waals surface area contributed by atoms with Crippen LogP contribution < -0.4 is 14.2 Å². The van der Waals surface area contributed by atoms with Gasteiger partial charge in [0.05, 0.1) is 25.6 Å². The number of hydrogen-bond acceptors (Lipinski definition) is 9. The summed E-state index contributed by atoms with van der Waals surface area (Å²) in [4.78, 5) is 1.98. The second-order valence-corrected chi connectivity index (χ2v) is 17.0. The Morgan fingerprint density at radius 1 is 0.604 bits per heavy atom. The van der Waals surface area contributed by atoms with Crippen LogP contribution in [0.3, 0.4) is 0 Å². The maximum Gasteiger partial charge on any atom is 0.277 e. The highest BCUT2D eigenvalue weighted by Gasteiger charge is 2.39. The first-order valence-electron chi connectivity index (χ1n) is 17.4. The van der Waals surface area contributed by atoms with Gasteiger partial charge in [0.15, 0.2) is 18.9 Å². The van der Waals surface area contributed by atoms with Gasteiger partial charge in [-0.1, -0.05) is 31.5 Å². The van der Waals surface area contributed by atoms with Crippen LogP contribution in [0.5, 0.6) is 17.2 Å². The molecule has 3 aromatic rings. The molecule has 0 aliphatic carbocycles. The Kier molecular flexibility index (Phi) is 12.2. The van der Waals surface area contributed by atoms with Crippen LogP contribution in [0.25, 0.3) is 0 Å². The molecular formula is C37H48O9S2. The number of benzene rings is 3. The average molecular weight is 701 g/mol. The Bertz CT molecular complexity index is 1410. The van der Waals surface area contributed by atoms with Crippen molar-refractivity contribution in [3.63, 3.8) is 0 Å². The third-order valence-electron chi connectivity index (χ3n) is 8.58. The van der Waals surface area contributed by atoms with Crippen LogP contribution in [0.1, 0.15) is 77.6 Å². The zero-order valence-corrected chi connectivity index (χ0v) is 29.4. The molecule has 3 saturated heterocycles. The molecule has 3 aliphatic heterocycles. The summed E-state index contributed by atoms with van der Waals surface area (Å²) >= 11 is 0. The van der Waals surface area contributed by atoms with Crippen LogP contribution in [0.2, 0.25) is 0 Å². The Balaban J connectivity index is 1.48. The predicted molar refractivity (Wildman–Crippen MR) is 184 cm³/mol. The highest BCUT2D eigenvalue weighted by Crippen LogP contribution is 2.71. The van der Waals surface area contributed by atoms with Crippen molar-refractivity contribution in [2.75, 3.05) is 25.6 Å². The van der Waals surface area contributed by atoms with Gasteiger partial charge in [-0.25, -0.2) is 3.63 Å². The van der Waals surface area contributed by atoms with Crippen molar-refractivity contribution in [1.82, 2.24) is 0 Å². The molecule has 3 fully saturated rings. The van der Waals surface area contributed by atoms with Crippen molar-refractivity contribution in [3.8, 4) is 17.2 Å². The van der Waals surface area contributed by atoms with E-state index in [1.807, 2.05) is 79.7 Å². The highest BCUT2D eigenvalue weighted by molar-refractivity contribution is 8.33. The lowest BCUT2D eigenvalue weighted by molar-refractivity contribution is -0.106. The van der Waals surface area contributed by atoms with E-state index in [1.165, 1.54) is 0 Å². The van der Waals surface area contributed by atoms with Gasteiger partial charge in [0.1, 0.15) is 17.2 Å². The number of ether oxygens (including phenoxy) is 6. The molecule has 0 radical (unpaired) electrons. The summed E-state index contributed by atoms with van der Waals surface area (Å²) in [6, 6.07) is 22.6. The molecule has 0 N–H and O–H groups in total. The maximum absolute atomic E-state index is 14.0. The fourth-order valence-corrected chi connectivity index (χ4v) is 11.7. The fraction of sp³-hybridized carbons (Fsp3) is 0.514. The van der Waals surface area contributed by atoms with E-state index in [2.05, 4.69) is 0 Å². The van der Waals surface area contributed by atoms with E-state index in [4.69, 9.17) is 32.1 Å². The van der Waals surface area contributed by atoms with Gasteiger partial charge in [-0.15, -0.1) is 0 Å². The molecule has 11 heteroatoms. The van der Waals surface area contributed by atoms with E-state index in [0.29, 0.717) is 64.6 Å². The zero-order valence-electron chi connectivity index (χ0n) is 27.8. The van der Waals surface area contributed by atoms with Crippen LogP contribution in [0.4, 0.5) is 0 Å². The van der Waals surface area contributed by atoms with Gasteiger partial charge in [-0.2, -0.15) is 8.42 Å². The summed E-state index contributed by atoms with van der Waals surface area (Å²) in [5.74, 6) is 1.63. The second-order valence-electron chi connectivity index (χ2n) is 12.4. The van der Waals surface area contributed by atoms with Crippen molar-refractivity contribution in [1.29, 1.82) is 0 Å². The Morgan fingerprint density at radius 3 is 1.33 bits per heavy atom. The van der Waals surface area contributed by atoms with Gasteiger partial charge in [0.25, 0.3) is 10.1 Å². The average Bonchev–Trinajstić information content (AvgIpc) is 3.11. The summed E-state index contributed by atoms with van der Waals surface area (Å²) in [6.45, 7) is 3.90. The van der Waals surface area contributed by atoms with E-state index >= 15 is 0 Å². The fourth-order valence-electron chi connectivity index (χ4n) is 6.08. The molecule has 0 spiro atoms. The molecule has 3 aliphatic rings. The van der Waals surface area contributed by atoms with Gasteiger partial charge in [0.2, 0.25) is 0 Å². The van der Waals surface area contributed by atoms with Gasteiger partial charge in [0, 0.05) is 33.9 Å². The van der Waals surface area contributed by atoms with Gasteiger partial charge in [-0.3, -0.25) is 0 Å². The molecule has 3 aromatic carbocycles. The highest BCUT2D eigenvalue weighted by atomic mass is 32.3. The molecule has 0 bridgehead atoms. The predicted octanol–water partition coefficient (Wildman–Crippen LogP) is 8.75. The molecule has 3 unspecified atom stereocenters. The van der Waals surface area contributed by atoms with Gasteiger partial charge >= 0.3 is 0 Å². The SMILES string of the molecule is CCCCS(=O)(=O)OS(c1cccc(OC2CCCCO2)c1)(c1cccc(OC2CCCCO2)c1)c1cccc(OC2CCCCO2)c1. The lowest BCUT2D eigenvalue weighted by Crippen LogP contribution is -2.25. The van der Waals surface area contributed by atoms with Crippen LogP contribution in [0.15, 0.2) is 87.5 Å². The zero-order chi connectivity index (χ0) is 33.2. The molecule has 3 heterocycles. The number of hydrogen-bond donors (Lipinski definition) is 0. The van der Waals surface area contributed by atoms with E-state index in [-0.39, 0.29) is 24.6 Å². The third-order valence-corrected chi connectivity index (χ3v) is 13.8. The lowest BCUT2D eigenvalue weighted by atomic mass is 10.2. The molecule has 48 heavy (non-hydrogen) atoms. The largest absolute Gasteiger partial charge is 0.465 e. The van der Waals surface area contributed by atoms with Gasteiger partial charge in [-0.05, 0) is 110 Å². The maximum atomic E-state index is 14.0. The first kappa shape index (κ1) is 35.0. The Labute approximate surface area is 286 Å². The lowest BCUT2D eigenvalue weighted by Gasteiger charge is -2.40. The summed E-state index contributed by atoms with van der Waals surface area (Å²) in [7, 11) is -6.99. The third kappa shape index (κ3) is 9.05. The summed E-state index contributed by atoms with van der Waals surface area (Å²) in [5, 5.41) is 0. The van der Waals surface area contributed by atoms with E-state index < -0.39 is 20.4 Å². The molecule has 3 atom stereocenters. The monoisotopic (exact) mass is 700 g/mol. The number of unbranched alkanes of at least 4 members (excludes halogenated alkanes) is 1. The molecule has 6 rings (SSSR count).